The molecule has 0 fully saturated rings. The van der Waals surface area contributed by atoms with E-state index in [0.717, 1.165) is 16.9 Å². The Kier molecular flexibility index (Phi) is 6.11. The highest BCUT2D eigenvalue weighted by Gasteiger charge is 2.17. The number of hydrogen-bond donors (Lipinski definition) is 1. The molecule has 0 atom stereocenters. The third-order valence-corrected chi connectivity index (χ3v) is 4.29. The van der Waals surface area contributed by atoms with Gasteiger partial charge in [-0.1, -0.05) is 37.3 Å². The van der Waals surface area contributed by atoms with E-state index in [-0.39, 0.29) is 5.91 Å². The molecule has 2 aromatic rings. The van der Waals surface area contributed by atoms with E-state index >= 15 is 0 Å². The van der Waals surface area contributed by atoms with Gasteiger partial charge < -0.3 is 10.1 Å². The van der Waals surface area contributed by atoms with E-state index in [1.165, 1.54) is 17.4 Å². The molecule has 0 aliphatic carbocycles. The first-order valence-corrected chi connectivity index (χ1v) is 8.29. The van der Waals surface area contributed by atoms with Crippen molar-refractivity contribution in [2.45, 2.75) is 20.3 Å². The molecular weight excluding hydrogens is 310 g/mol. The van der Waals surface area contributed by atoms with Gasteiger partial charge in [0.25, 0.3) is 0 Å². The fraction of sp³-hybridized carbons (Fsp3) is 0.222. The molecule has 0 spiro atoms. The molecule has 0 saturated heterocycles. The van der Waals surface area contributed by atoms with Crippen molar-refractivity contribution in [3.05, 3.63) is 58.5 Å². The minimum Gasteiger partial charge on any atom is -0.462 e. The largest absolute Gasteiger partial charge is 0.462 e. The Labute approximate surface area is 139 Å². The number of rotatable bonds is 6. The summed E-state index contributed by atoms with van der Waals surface area (Å²) in [6.07, 6.45) is 3.98. The fourth-order valence-corrected chi connectivity index (χ4v) is 2.95. The molecule has 120 valence electrons. The van der Waals surface area contributed by atoms with Crippen LogP contribution >= 0.6 is 11.3 Å². The van der Waals surface area contributed by atoms with Gasteiger partial charge in [-0.15, -0.1) is 11.3 Å². The molecule has 2 rings (SSSR count). The van der Waals surface area contributed by atoms with Crippen LogP contribution in [0.3, 0.4) is 0 Å². The monoisotopic (exact) mass is 329 g/mol. The van der Waals surface area contributed by atoms with Crippen LogP contribution in [0.1, 0.15) is 34.6 Å². The van der Waals surface area contributed by atoms with Gasteiger partial charge in [-0.25, -0.2) is 4.79 Å². The number of thiophene rings is 1. The van der Waals surface area contributed by atoms with Gasteiger partial charge in [-0.3, -0.25) is 4.79 Å². The number of nitrogens with one attached hydrogen (secondary N) is 1. The van der Waals surface area contributed by atoms with Gasteiger partial charge in [0.05, 0.1) is 12.2 Å². The number of hydrogen-bond acceptors (Lipinski definition) is 4. The molecule has 1 aromatic heterocycles. The van der Waals surface area contributed by atoms with Crippen LogP contribution in [0.25, 0.3) is 6.08 Å². The summed E-state index contributed by atoms with van der Waals surface area (Å²) in [4.78, 5) is 25.1. The maximum absolute atomic E-state index is 12.1. The molecule has 1 heterocycles. The molecular formula is C18H19NO3S. The normalized spacial score (nSPS) is 10.7. The second kappa shape index (κ2) is 8.29. The van der Waals surface area contributed by atoms with Crippen LogP contribution in [0.4, 0.5) is 5.00 Å². The van der Waals surface area contributed by atoms with Gasteiger partial charge >= 0.3 is 5.97 Å². The Morgan fingerprint density at radius 3 is 2.61 bits per heavy atom. The lowest BCUT2D eigenvalue weighted by molar-refractivity contribution is -0.111. The van der Waals surface area contributed by atoms with E-state index in [2.05, 4.69) is 5.32 Å². The van der Waals surface area contributed by atoms with Crippen LogP contribution in [0, 0.1) is 0 Å². The number of carbonyl (C=O) groups excluding carboxylic acids is 2. The summed E-state index contributed by atoms with van der Waals surface area (Å²) < 4.78 is 5.04. The van der Waals surface area contributed by atoms with Crippen LogP contribution in [0.15, 0.2) is 42.5 Å². The van der Waals surface area contributed by atoms with Crippen molar-refractivity contribution < 1.29 is 14.3 Å². The van der Waals surface area contributed by atoms with Crippen molar-refractivity contribution in [2.24, 2.45) is 0 Å². The van der Waals surface area contributed by atoms with E-state index in [1.807, 2.05) is 37.3 Å². The lowest BCUT2D eigenvalue weighted by atomic mass is 10.2. The van der Waals surface area contributed by atoms with Gasteiger partial charge in [0, 0.05) is 11.0 Å². The smallest absolute Gasteiger partial charge is 0.341 e. The predicted molar refractivity (Wildman–Crippen MR) is 93.8 cm³/mol. The van der Waals surface area contributed by atoms with Gasteiger partial charge in [0.15, 0.2) is 0 Å². The van der Waals surface area contributed by atoms with Crippen LogP contribution < -0.4 is 5.32 Å². The zero-order valence-corrected chi connectivity index (χ0v) is 14.0. The summed E-state index contributed by atoms with van der Waals surface area (Å²) >= 11 is 1.40. The van der Waals surface area contributed by atoms with Crippen molar-refractivity contribution in [1.82, 2.24) is 0 Å². The lowest BCUT2D eigenvalue weighted by Crippen LogP contribution is -2.11. The van der Waals surface area contributed by atoms with Crippen molar-refractivity contribution in [3.63, 3.8) is 0 Å². The highest BCUT2D eigenvalue weighted by molar-refractivity contribution is 7.16. The van der Waals surface area contributed by atoms with Crippen LogP contribution in [-0.2, 0) is 16.0 Å². The molecule has 4 nitrogen and oxygen atoms in total. The Hall–Kier alpha value is -2.40. The fourth-order valence-electron chi connectivity index (χ4n) is 1.96. The predicted octanol–water partition coefficient (Wildman–Crippen LogP) is 4.14. The third-order valence-electron chi connectivity index (χ3n) is 3.09. The van der Waals surface area contributed by atoms with Gasteiger partial charge in [-0.2, -0.15) is 0 Å². The molecule has 0 saturated carbocycles. The summed E-state index contributed by atoms with van der Waals surface area (Å²) in [6, 6.07) is 11.3. The van der Waals surface area contributed by atoms with Crippen LogP contribution in [0.2, 0.25) is 0 Å². The summed E-state index contributed by atoms with van der Waals surface area (Å²) in [5, 5.41) is 3.30. The molecule has 0 aliphatic heterocycles. The summed E-state index contributed by atoms with van der Waals surface area (Å²) in [6.45, 7) is 4.06. The number of amides is 1. The SMILES string of the molecule is CCOC(=O)c1cc(CC)sc1NC(=O)/C=C\c1ccccc1. The van der Waals surface area contributed by atoms with Gasteiger partial charge in [0.1, 0.15) is 5.00 Å². The molecule has 0 aliphatic rings. The highest BCUT2D eigenvalue weighted by atomic mass is 32.1. The molecule has 23 heavy (non-hydrogen) atoms. The van der Waals surface area contributed by atoms with Crippen molar-refractivity contribution in [1.29, 1.82) is 0 Å². The quantitative estimate of drug-likeness (QED) is 0.640. The second-order valence-electron chi connectivity index (χ2n) is 4.76. The van der Waals surface area contributed by atoms with E-state index in [9.17, 15) is 9.59 Å². The van der Waals surface area contributed by atoms with Crippen molar-refractivity contribution in [2.75, 3.05) is 11.9 Å². The summed E-state index contributed by atoms with van der Waals surface area (Å²) in [5.74, 6) is -0.685. The Bertz CT molecular complexity index is 704. The first-order chi connectivity index (χ1) is 11.1. The average molecular weight is 329 g/mol. The van der Waals surface area contributed by atoms with Gasteiger partial charge in [-0.05, 0) is 31.1 Å². The van der Waals surface area contributed by atoms with E-state index < -0.39 is 5.97 Å². The zero-order valence-electron chi connectivity index (χ0n) is 13.2. The lowest BCUT2D eigenvalue weighted by Gasteiger charge is -2.03. The Morgan fingerprint density at radius 2 is 1.96 bits per heavy atom. The van der Waals surface area contributed by atoms with Crippen molar-refractivity contribution in [3.8, 4) is 0 Å². The minimum atomic E-state index is -0.411. The third kappa shape index (κ3) is 4.79. The average Bonchev–Trinajstić information content (AvgIpc) is 2.97. The Balaban J connectivity index is 2.12. The first kappa shape index (κ1) is 17.0. The van der Waals surface area contributed by atoms with Crippen molar-refractivity contribution >= 4 is 34.3 Å². The van der Waals surface area contributed by atoms with Crippen LogP contribution in [-0.4, -0.2) is 18.5 Å². The minimum absolute atomic E-state index is 0.274. The molecule has 1 aromatic carbocycles. The number of benzene rings is 1. The summed E-state index contributed by atoms with van der Waals surface area (Å²) in [7, 11) is 0. The van der Waals surface area contributed by atoms with E-state index in [1.54, 1.807) is 19.1 Å². The molecule has 1 N–H and O–H groups in total. The standard InChI is InChI=1S/C18H19NO3S/c1-3-14-12-15(18(21)22-4-2)17(23-14)19-16(20)11-10-13-8-6-5-7-9-13/h5-12H,3-4H2,1-2H3,(H,19,20)/b11-10-. The van der Waals surface area contributed by atoms with Crippen LogP contribution in [0.5, 0.6) is 0 Å². The molecule has 0 unspecified atom stereocenters. The van der Waals surface area contributed by atoms with Gasteiger partial charge in [0.2, 0.25) is 5.91 Å². The zero-order chi connectivity index (χ0) is 16.7. The highest BCUT2D eigenvalue weighted by Crippen LogP contribution is 2.29. The maximum atomic E-state index is 12.1. The number of carbonyl (C=O) groups is 2. The van der Waals surface area contributed by atoms with E-state index in [0.29, 0.717) is 17.2 Å². The maximum Gasteiger partial charge on any atom is 0.341 e. The molecule has 0 radical (unpaired) electrons. The summed E-state index contributed by atoms with van der Waals surface area (Å²) in [5.41, 5.74) is 1.35. The number of esters is 1. The number of anilines is 1. The number of ether oxygens (including phenoxy) is 1. The Morgan fingerprint density at radius 1 is 1.22 bits per heavy atom. The topological polar surface area (TPSA) is 55.4 Å². The molecule has 5 heteroatoms. The molecule has 0 bridgehead atoms. The molecule has 1 amide bonds. The second-order valence-corrected chi connectivity index (χ2v) is 5.90. The van der Waals surface area contributed by atoms with E-state index in [4.69, 9.17) is 4.74 Å². The first-order valence-electron chi connectivity index (χ1n) is 7.48. The number of aryl methyl sites for hydroxylation is 1.